The fourth-order valence-corrected chi connectivity index (χ4v) is 2.03. The van der Waals surface area contributed by atoms with Gasteiger partial charge in [-0.2, -0.15) is 0 Å². The Bertz CT molecular complexity index is 256. The van der Waals surface area contributed by atoms with Gasteiger partial charge in [-0.25, -0.2) is 0 Å². The van der Waals surface area contributed by atoms with Gasteiger partial charge in [0.15, 0.2) is 0 Å². The summed E-state index contributed by atoms with van der Waals surface area (Å²) in [6.07, 6.45) is -0.315. The summed E-state index contributed by atoms with van der Waals surface area (Å²) in [5, 5.41) is 9.54. The van der Waals surface area contributed by atoms with Crippen LogP contribution in [0.3, 0.4) is 0 Å². The van der Waals surface area contributed by atoms with Crippen LogP contribution >= 0.6 is 0 Å². The van der Waals surface area contributed by atoms with Crippen molar-refractivity contribution in [3.63, 3.8) is 0 Å². The van der Waals surface area contributed by atoms with Crippen LogP contribution < -0.4 is 0 Å². The van der Waals surface area contributed by atoms with Gasteiger partial charge in [-0.1, -0.05) is 18.1 Å². The van der Waals surface area contributed by atoms with Crippen molar-refractivity contribution in [1.82, 2.24) is 0 Å². The molecule has 0 aliphatic heterocycles. The van der Waals surface area contributed by atoms with E-state index in [9.17, 15) is 5.11 Å². The maximum atomic E-state index is 9.54. The molecular weight excluding hydrogens is 148 g/mol. The maximum absolute atomic E-state index is 9.54. The molecule has 0 saturated carbocycles. The van der Waals surface area contributed by atoms with E-state index in [0.717, 1.165) is 5.57 Å². The zero-order valence-corrected chi connectivity index (χ0v) is 8.60. The molecule has 2 unspecified atom stereocenters. The van der Waals surface area contributed by atoms with E-state index >= 15 is 0 Å². The Morgan fingerprint density at radius 3 is 1.83 bits per heavy atom. The fraction of sp³-hybridized carbons (Fsp3) is 0.636. The quantitative estimate of drug-likeness (QED) is 0.635. The second kappa shape index (κ2) is 3.06. The molecule has 2 atom stereocenters. The Labute approximate surface area is 74.8 Å². The number of allylic oxidation sites excluding steroid dienone is 2. The lowest BCUT2D eigenvalue weighted by Crippen LogP contribution is -2.06. The minimum absolute atomic E-state index is 0.315. The lowest BCUT2D eigenvalue weighted by molar-refractivity contribution is 0.233. The molecule has 0 aromatic heterocycles. The fourth-order valence-electron chi connectivity index (χ4n) is 2.03. The molecule has 0 amide bonds. The second-order valence-corrected chi connectivity index (χ2v) is 3.80. The third kappa shape index (κ3) is 1.22. The van der Waals surface area contributed by atoms with Crippen LogP contribution in [0.4, 0.5) is 0 Å². The van der Waals surface area contributed by atoms with E-state index < -0.39 is 0 Å². The highest BCUT2D eigenvalue weighted by Crippen LogP contribution is 2.37. The first-order valence-corrected chi connectivity index (χ1v) is 4.53. The van der Waals surface area contributed by atoms with Crippen LogP contribution in [-0.4, -0.2) is 11.2 Å². The third-order valence-electron chi connectivity index (χ3n) is 3.14. The predicted octanol–water partition coefficient (Wildman–Crippen LogP) is 2.67. The zero-order valence-electron chi connectivity index (χ0n) is 8.60. The molecule has 0 radical (unpaired) electrons. The van der Waals surface area contributed by atoms with Gasteiger partial charge < -0.3 is 5.11 Å². The standard InChI is InChI=1S/C11H18O/c1-6-7(2)9(4)11(8(6)3)10(5)12/h6,10,12H,1-5H3. The average molecular weight is 166 g/mol. The minimum Gasteiger partial charge on any atom is -0.389 e. The van der Waals surface area contributed by atoms with Gasteiger partial charge in [0.1, 0.15) is 0 Å². The molecule has 0 bridgehead atoms. The van der Waals surface area contributed by atoms with Gasteiger partial charge in [0.2, 0.25) is 0 Å². The Hall–Kier alpha value is -0.560. The summed E-state index contributed by atoms with van der Waals surface area (Å²) in [4.78, 5) is 0. The van der Waals surface area contributed by atoms with Crippen molar-refractivity contribution in [3.8, 4) is 0 Å². The number of hydrogen-bond acceptors (Lipinski definition) is 1. The largest absolute Gasteiger partial charge is 0.389 e. The monoisotopic (exact) mass is 166 g/mol. The molecule has 0 aromatic rings. The molecular formula is C11H18O. The van der Waals surface area contributed by atoms with E-state index in [2.05, 4.69) is 27.7 Å². The van der Waals surface area contributed by atoms with Crippen LogP contribution in [0.15, 0.2) is 22.3 Å². The Morgan fingerprint density at radius 1 is 1.17 bits per heavy atom. The molecule has 0 aromatic carbocycles. The highest BCUT2D eigenvalue weighted by molar-refractivity contribution is 5.48. The second-order valence-electron chi connectivity index (χ2n) is 3.80. The summed E-state index contributed by atoms with van der Waals surface area (Å²) in [6, 6.07) is 0. The highest BCUT2D eigenvalue weighted by atomic mass is 16.3. The van der Waals surface area contributed by atoms with Crippen LogP contribution in [0.25, 0.3) is 0 Å². The summed E-state index contributed by atoms with van der Waals surface area (Å²) < 4.78 is 0. The Morgan fingerprint density at radius 2 is 1.67 bits per heavy atom. The topological polar surface area (TPSA) is 20.2 Å². The molecule has 0 heterocycles. The van der Waals surface area contributed by atoms with Crippen molar-refractivity contribution >= 4 is 0 Å². The lowest BCUT2D eigenvalue weighted by atomic mass is 9.99. The van der Waals surface area contributed by atoms with Crippen molar-refractivity contribution in [2.24, 2.45) is 5.92 Å². The molecule has 0 saturated heterocycles. The molecule has 1 aliphatic rings. The molecule has 1 rings (SSSR count). The Balaban J connectivity index is 3.13. The van der Waals surface area contributed by atoms with Crippen LogP contribution in [0, 0.1) is 5.92 Å². The van der Waals surface area contributed by atoms with Gasteiger partial charge in [-0.15, -0.1) is 0 Å². The zero-order chi connectivity index (χ0) is 9.46. The maximum Gasteiger partial charge on any atom is 0.0764 e. The molecule has 0 spiro atoms. The molecule has 0 fully saturated rings. The third-order valence-corrected chi connectivity index (χ3v) is 3.14. The minimum atomic E-state index is -0.315. The van der Waals surface area contributed by atoms with Crippen molar-refractivity contribution in [2.45, 2.75) is 40.7 Å². The summed E-state index contributed by atoms with van der Waals surface area (Å²) >= 11 is 0. The average Bonchev–Trinajstić information content (AvgIpc) is 2.16. The van der Waals surface area contributed by atoms with Crippen LogP contribution in [0.1, 0.15) is 34.6 Å². The van der Waals surface area contributed by atoms with Gasteiger partial charge in [-0.05, 0) is 44.8 Å². The van der Waals surface area contributed by atoms with Crippen LogP contribution in [0.2, 0.25) is 0 Å². The first kappa shape index (κ1) is 9.53. The van der Waals surface area contributed by atoms with Gasteiger partial charge in [0.05, 0.1) is 6.10 Å². The van der Waals surface area contributed by atoms with Gasteiger partial charge in [0, 0.05) is 0 Å². The molecule has 1 heteroatoms. The van der Waals surface area contributed by atoms with Crippen LogP contribution in [-0.2, 0) is 0 Å². The van der Waals surface area contributed by atoms with Crippen molar-refractivity contribution in [3.05, 3.63) is 22.3 Å². The predicted molar refractivity (Wildman–Crippen MR) is 51.9 cm³/mol. The van der Waals surface area contributed by atoms with Gasteiger partial charge >= 0.3 is 0 Å². The number of hydrogen-bond donors (Lipinski definition) is 1. The van der Waals surface area contributed by atoms with E-state index in [-0.39, 0.29) is 6.10 Å². The summed E-state index contributed by atoms with van der Waals surface area (Å²) in [5.41, 5.74) is 5.18. The normalized spacial score (nSPS) is 27.0. The lowest BCUT2D eigenvalue weighted by Gasteiger charge is -2.10. The van der Waals surface area contributed by atoms with Crippen molar-refractivity contribution < 1.29 is 5.11 Å². The SMILES string of the molecule is CC1=C(C)C(C)C(C)=C1C(C)O. The molecule has 12 heavy (non-hydrogen) atoms. The van der Waals surface area contributed by atoms with E-state index in [1.54, 1.807) is 0 Å². The smallest absolute Gasteiger partial charge is 0.0764 e. The van der Waals surface area contributed by atoms with Gasteiger partial charge in [0.25, 0.3) is 0 Å². The van der Waals surface area contributed by atoms with E-state index in [0.29, 0.717) is 5.92 Å². The molecule has 1 aliphatic carbocycles. The summed E-state index contributed by atoms with van der Waals surface area (Å²) in [7, 11) is 0. The number of rotatable bonds is 1. The highest BCUT2D eigenvalue weighted by Gasteiger charge is 2.24. The first-order chi connectivity index (χ1) is 5.46. The summed E-state index contributed by atoms with van der Waals surface area (Å²) in [6.45, 7) is 10.4. The molecule has 68 valence electrons. The van der Waals surface area contributed by atoms with E-state index in [4.69, 9.17) is 0 Å². The molecule has 1 N–H and O–H groups in total. The summed E-state index contributed by atoms with van der Waals surface area (Å²) in [5.74, 6) is 0.523. The number of aliphatic hydroxyl groups is 1. The van der Waals surface area contributed by atoms with Crippen LogP contribution in [0.5, 0.6) is 0 Å². The van der Waals surface area contributed by atoms with Crippen molar-refractivity contribution in [1.29, 1.82) is 0 Å². The van der Waals surface area contributed by atoms with Gasteiger partial charge in [-0.3, -0.25) is 0 Å². The molecule has 1 nitrogen and oxygen atoms in total. The Kier molecular flexibility index (Phi) is 2.43. The van der Waals surface area contributed by atoms with E-state index in [1.165, 1.54) is 16.7 Å². The van der Waals surface area contributed by atoms with Crippen molar-refractivity contribution in [2.75, 3.05) is 0 Å². The number of aliphatic hydroxyl groups excluding tert-OH is 1. The van der Waals surface area contributed by atoms with E-state index in [1.807, 2.05) is 6.92 Å². The first-order valence-electron chi connectivity index (χ1n) is 4.53.